The summed E-state index contributed by atoms with van der Waals surface area (Å²) in [6.07, 6.45) is 2.24. The predicted octanol–water partition coefficient (Wildman–Crippen LogP) is 4.90. The zero-order valence-corrected chi connectivity index (χ0v) is 16.1. The SMILES string of the molecule is O=C(CCc1ccc(Cl)cc1Cl)N1CCC(C(O)c2ccccc2)CC1. The minimum atomic E-state index is -0.457. The van der Waals surface area contributed by atoms with Crippen molar-refractivity contribution in [1.82, 2.24) is 4.90 Å². The van der Waals surface area contributed by atoms with Crippen molar-refractivity contribution in [2.24, 2.45) is 5.92 Å². The lowest BCUT2D eigenvalue weighted by Crippen LogP contribution is -2.39. The van der Waals surface area contributed by atoms with E-state index >= 15 is 0 Å². The highest BCUT2D eigenvalue weighted by atomic mass is 35.5. The number of rotatable bonds is 5. The van der Waals surface area contributed by atoms with Gasteiger partial charge in [-0.3, -0.25) is 4.79 Å². The second kappa shape index (κ2) is 8.90. The third kappa shape index (κ3) is 4.79. The summed E-state index contributed by atoms with van der Waals surface area (Å²) >= 11 is 12.1. The van der Waals surface area contributed by atoms with Gasteiger partial charge in [0, 0.05) is 29.6 Å². The summed E-state index contributed by atoms with van der Waals surface area (Å²) in [7, 11) is 0. The van der Waals surface area contributed by atoms with E-state index in [1.54, 1.807) is 12.1 Å². The normalized spacial score (nSPS) is 16.5. The second-order valence-electron chi connectivity index (χ2n) is 6.81. The van der Waals surface area contributed by atoms with E-state index in [1.165, 1.54) is 0 Å². The topological polar surface area (TPSA) is 40.5 Å². The Morgan fingerprint density at radius 1 is 1.12 bits per heavy atom. The fraction of sp³-hybridized carbons (Fsp3) is 0.381. The molecule has 3 nitrogen and oxygen atoms in total. The summed E-state index contributed by atoms with van der Waals surface area (Å²) < 4.78 is 0. The van der Waals surface area contributed by atoms with Crippen LogP contribution in [0.1, 0.15) is 36.5 Å². The van der Waals surface area contributed by atoms with Crippen molar-refractivity contribution in [3.8, 4) is 0 Å². The molecule has 0 aliphatic carbocycles. The molecule has 0 aromatic heterocycles. The highest BCUT2D eigenvalue weighted by Crippen LogP contribution is 2.31. The number of piperidine rings is 1. The van der Waals surface area contributed by atoms with Crippen molar-refractivity contribution < 1.29 is 9.90 Å². The molecule has 138 valence electrons. The van der Waals surface area contributed by atoms with Gasteiger partial charge in [-0.2, -0.15) is 0 Å². The van der Waals surface area contributed by atoms with Gasteiger partial charge in [0.1, 0.15) is 0 Å². The second-order valence-corrected chi connectivity index (χ2v) is 7.65. The molecule has 2 aromatic carbocycles. The standard InChI is InChI=1S/C21H23Cl2NO2/c22-18-8-6-15(19(23)14-18)7-9-20(25)24-12-10-17(11-13-24)21(26)16-4-2-1-3-5-16/h1-6,8,14,17,21,26H,7,9-13H2. The van der Waals surface area contributed by atoms with Crippen LogP contribution in [0.25, 0.3) is 0 Å². The third-order valence-electron chi connectivity index (χ3n) is 5.10. The molecule has 3 rings (SSSR count). The van der Waals surface area contributed by atoms with Gasteiger partial charge in [-0.15, -0.1) is 0 Å². The summed E-state index contributed by atoms with van der Waals surface area (Å²) in [4.78, 5) is 14.4. The number of likely N-dealkylation sites (tertiary alicyclic amines) is 1. The lowest BCUT2D eigenvalue weighted by Gasteiger charge is -2.34. The number of benzene rings is 2. The molecule has 1 aliphatic rings. The van der Waals surface area contributed by atoms with E-state index in [-0.39, 0.29) is 11.8 Å². The number of hydrogen-bond acceptors (Lipinski definition) is 2. The van der Waals surface area contributed by atoms with Crippen LogP contribution in [0, 0.1) is 5.92 Å². The van der Waals surface area contributed by atoms with Gasteiger partial charge in [-0.05, 0) is 48.4 Å². The molecule has 1 aliphatic heterocycles. The number of nitrogens with zero attached hydrogens (tertiary/aromatic N) is 1. The lowest BCUT2D eigenvalue weighted by atomic mass is 9.87. The Balaban J connectivity index is 1.49. The number of aliphatic hydroxyl groups is 1. The average molecular weight is 392 g/mol. The Morgan fingerprint density at radius 3 is 2.46 bits per heavy atom. The molecule has 0 spiro atoms. The Bertz CT molecular complexity index is 743. The van der Waals surface area contributed by atoms with Gasteiger partial charge in [0.15, 0.2) is 0 Å². The number of halogens is 2. The zero-order chi connectivity index (χ0) is 18.5. The molecule has 5 heteroatoms. The summed E-state index contributed by atoms with van der Waals surface area (Å²) in [5.41, 5.74) is 1.90. The molecule has 0 radical (unpaired) electrons. The number of carbonyl (C=O) groups excluding carboxylic acids is 1. The number of amides is 1. The van der Waals surface area contributed by atoms with Gasteiger partial charge in [0.25, 0.3) is 0 Å². The molecule has 26 heavy (non-hydrogen) atoms. The van der Waals surface area contributed by atoms with Gasteiger partial charge in [0.05, 0.1) is 6.10 Å². The van der Waals surface area contributed by atoms with E-state index in [4.69, 9.17) is 23.2 Å². The third-order valence-corrected chi connectivity index (χ3v) is 5.69. The predicted molar refractivity (Wildman–Crippen MR) is 105 cm³/mol. The molecule has 1 amide bonds. The van der Waals surface area contributed by atoms with Crippen LogP contribution in [0.2, 0.25) is 10.0 Å². The molecule has 1 saturated heterocycles. The maximum atomic E-state index is 12.5. The van der Waals surface area contributed by atoms with E-state index in [0.29, 0.717) is 36.0 Å². The van der Waals surface area contributed by atoms with Crippen molar-refractivity contribution in [3.63, 3.8) is 0 Å². The molecule has 0 saturated carbocycles. The van der Waals surface area contributed by atoms with Crippen molar-refractivity contribution in [2.75, 3.05) is 13.1 Å². The van der Waals surface area contributed by atoms with Gasteiger partial charge >= 0.3 is 0 Å². The first kappa shape index (κ1) is 19.2. The summed E-state index contributed by atoms with van der Waals surface area (Å²) in [5.74, 6) is 0.343. The number of aliphatic hydroxyl groups excluding tert-OH is 1. The summed E-state index contributed by atoms with van der Waals surface area (Å²) in [6, 6.07) is 15.1. The van der Waals surface area contributed by atoms with Gasteiger partial charge < -0.3 is 10.0 Å². The van der Waals surface area contributed by atoms with E-state index in [1.807, 2.05) is 41.3 Å². The fourth-order valence-corrected chi connectivity index (χ4v) is 4.01. The number of aryl methyl sites for hydroxylation is 1. The summed E-state index contributed by atoms with van der Waals surface area (Å²) in [5, 5.41) is 11.8. The van der Waals surface area contributed by atoms with E-state index in [9.17, 15) is 9.90 Å². The van der Waals surface area contributed by atoms with Crippen LogP contribution < -0.4 is 0 Å². The Hall–Kier alpha value is -1.55. The van der Waals surface area contributed by atoms with E-state index in [0.717, 1.165) is 24.0 Å². The molecular weight excluding hydrogens is 369 g/mol. The Kier molecular flexibility index (Phi) is 6.58. The highest BCUT2D eigenvalue weighted by molar-refractivity contribution is 6.35. The minimum Gasteiger partial charge on any atom is -0.388 e. The first-order chi connectivity index (χ1) is 12.5. The van der Waals surface area contributed by atoms with Gasteiger partial charge in [0.2, 0.25) is 5.91 Å². The molecule has 1 fully saturated rings. The van der Waals surface area contributed by atoms with Gasteiger partial charge in [-0.25, -0.2) is 0 Å². The number of hydrogen-bond donors (Lipinski definition) is 1. The van der Waals surface area contributed by atoms with Crippen molar-refractivity contribution >= 4 is 29.1 Å². The maximum Gasteiger partial charge on any atom is 0.222 e. The van der Waals surface area contributed by atoms with Crippen LogP contribution >= 0.6 is 23.2 Å². The Labute approximate surface area is 164 Å². The van der Waals surface area contributed by atoms with Crippen LogP contribution in [-0.2, 0) is 11.2 Å². The van der Waals surface area contributed by atoms with Gasteiger partial charge in [-0.1, -0.05) is 59.6 Å². The first-order valence-corrected chi connectivity index (χ1v) is 9.75. The molecule has 1 unspecified atom stereocenters. The van der Waals surface area contributed by atoms with E-state index in [2.05, 4.69) is 0 Å². The largest absolute Gasteiger partial charge is 0.388 e. The highest BCUT2D eigenvalue weighted by Gasteiger charge is 2.28. The van der Waals surface area contributed by atoms with Crippen molar-refractivity contribution in [2.45, 2.75) is 31.8 Å². The van der Waals surface area contributed by atoms with Crippen molar-refractivity contribution in [3.05, 3.63) is 69.7 Å². The molecule has 0 bridgehead atoms. The molecule has 1 N–H and O–H groups in total. The van der Waals surface area contributed by atoms with Crippen LogP contribution in [0.15, 0.2) is 48.5 Å². The number of carbonyl (C=O) groups is 1. The zero-order valence-electron chi connectivity index (χ0n) is 14.6. The first-order valence-electron chi connectivity index (χ1n) is 8.99. The maximum absolute atomic E-state index is 12.5. The fourth-order valence-electron chi connectivity index (χ4n) is 3.51. The molecule has 1 atom stereocenters. The monoisotopic (exact) mass is 391 g/mol. The molecule has 2 aromatic rings. The smallest absolute Gasteiger partial charge is 0.222 e. The minimum absolute atomic E-state index is 0.142. The lowest BCUT2D eigenvalue weighted by molar-refractivity contribution is -0.133. The van der Waals surface area contributed by atoms with Crippen LogP contribution in [-0.4, -0.2) is 29.0 Å². The van der Waals surface area contributed by atoms with Crippen LogP contribution in [0.4, 0.5) is 0 Å². The van der Waals surface area contributed by atoms with Crippen molar-refractivity contribution in [1.29, 1.82) is 0 Å². The Morgan fingerprint density at radius 2 is 1.81 bits per heavy atom. The van der Waals surface area contributed by atoms with E-state index < -0.39 is 6.10 Å². The quantitative estimate of drug-likeness (QED) is 0.787. The summed E-state index contributed by atoms with van der Waals surface area (Å²) in [6.45, 7) is 1.39. The molecular formula is C21H23Cl2NO2. The molecule has 1 heterocycles. The average Bonchev–Trinajstić information content (AvgIpc) is 2.67. The van der Waals surface area contributed by atoms with Crippen LogP contribution in [0.5, 0.6) is 0 Å². The van der Waals surface area contributed by atoms with Crippen LogP contribution in [0.3, 0.4) is 0 Å².